The number of hydrogen-bond acceptors (Lipinski definition) is 3. The van der Waals surface area contributed by atoms with Gasteiger partial charge in [0.2, 0.25) is 0 Å². The van der Waals surface area contributed by atoms with Crippen molar-refractivity contribution in [2.75, 3.05) is 33.4 Å². The highest BCUT2D eigenvalue weighted by molar-refractivity contribution is 6.30. The van der Waals surface area contributed by atoms with Gasteiger partial charge in [-0.15, -0.1) is 0 Å². The van der Waals surface area contributed by atoms with E-state index in [1.54, 1.807) is 18.1 Å². The third kappa shape index (κ3) is 4.32. The Bertz CT molecular complexity index is 528. The Balaban J connectivity index is 1.94. The van der Waals surface area contributed by atoms with E-state index in [1.165, 1.54) is 12.1 Å². The minimum absolute atomic E-state index is 0.0464. The number of urea groups is 1. The Morgan fingerprint density at radius 1 is 1.64 bits per heavy atom. The number of methoxy groups -OCH3 is 1. The van der Waals surface area contributed by atoms with Gasteiger partial charge in [0.25, 0.3) is 0 Å². The number of ether oxygens (including phenoxy) is 2. The number of rotatable bonds is 4. The van der Waals surface area contributed by atoms with Crippen molar-refractivity contribution in [3.05, 3.63) is 34.6 Å². The van der Waals surface area contributed by atoms with Gasteiger partial charge in [-0.2, -0.15) is 0 Å². The first-order valence-electron chi connectivity index (χ1n) is 7.12. The predicted molar refractivity (Wildman–Crippen MR) is 81.5 cm³/mol. The van der Waals surface area contributed by atoms with Crippen molar-refractivity contribution in [3.63, 3.8) is 0 Å². The Labute approximate surface area is 134 Å². The average Bonchev–Trinajstić information content (AvgIpc) is 2.50. The summed E-state index contributed by atoms with van der Waals surface area (Å²) in [5.41, 5.74) is 0.751. The molecule has 2 amide bonds. The van der Waals surface area contributed by atoms with E-state index in [0.717, 1.165) is 5.56 Å². The maximum Gasteiger partial charge on any atom is 0.318 e. The van der Waals surface area contributed by atoms with Gasteiger partial charge < -0.3 is 19.7 Å². The number of morpholine rings is 1. The molecule has 0 aliphatic carbocycles. The van der Waals surface area contributed by atoms with Gasteiger partial charge in [-0.25, -0.2) is 9.18 Å². The number of benzene rings is 1. The molecular formula is C15H20ClFN2O3. The van der Waals surface area contributed by atoms with Crippen LogP contribution in [-0.4, -0.2) is 50.4 Å². The molecule has 0 unspecified atom stereocenters. The number of hydrogen-bond donors (Lipinski definition) is 1. The molecule has 1 aliphatic heterocycles. The van der Waals surface area contributed by atoms with E-state index in [2.05, 4.69) is 5.32 Å². The minimum atomic E-state index is -0.473. The Kier molecular flexibility index (Phi) is 5.99. The van der Waals surface area contributed by atoms with E-state index in [-0.39, 0.29) is 23.2 Å². The molecule has 2 atom stereocenters. The van der Waals surface area contributed by atoms with Crippen LogP contribution in [0.5, 0.6) is 0 Å². The quantitative estimate of drug-likeness (QED) is 0.923. The second-order valence-electron chi connectivity index (χ2n) is 5.24. The highest BCUT2D eigenvalue weighted by atomic mass is 35.5. The third-order valence-electron chi connectivity index (χ3n) is 3.56. The molecule has 0 bridgehead atoms. The molecule has 1 aromatic carbocycles. The van der Waals surface area contributed by atoms with Crippen LogP contribution in [0, 0.1) is 5.82 Å². The van der Waals surface area contributed by atoms with Crippen LogP contribution in [0.2, 0.25) is 5.02 Å². The number of halogens is 2. The van der Waals surface area contributed by atoms with Crippen molar-refractivity contribution in [2.45, 2.75) is 19.1 Å². The number of nitrogens with zero attached hydrogens (tertiary/aromatic N) is 1. The largest absolute Gasteiger partial charge is 0.382 e. The summed E-state index contributed by atoms with van der Waals surface area (Å²) in [4.78, 5) is 14.0. The molecule has 0 aromatic heterocycles. The van der Waals surface area contributed by atoms with E-state index < -0.39 is 5.82 Å². The van der Waals surface area contributed by atoms with Crippen molar-refractivity contribution in [3.8, 4) is 0 Å². The first kappa shape index (κ1) is 17.0. The molecule has 7 heteroatoms. The van der Waals surface area contributed by atoms with E-state index in [0.29, 0.717) is 26.3 Å². The third-order valence-corrected chi connectivity index (χ3v) is 3.85. The highest BCUT2D eigenvalue weighted by Gasteiger charge is 2.25. The van der Waals surface area contributed by atoms with E-state index in [4.69, 9.17) is 21.1 Å². The molecular weight excluding hydrogens is 311 g/mol. The summed E-state index contributed by atoms with van der Waals surface area (Å²) in [5, 5.41) is 2.93. The van der Waals surface area contributed by atoms with Gasteiger partial charge in [-0.1, -0.05) is 17.7 Å². The molecule has 2 rings (SSSR count). The van der Waals surface area contributed by atoms with E-state index in [1.807, 2.05) is 6.92 Å². The van der Waals surface area contributed by atoms with Crippen LogP contribution in [0.4, 0.5) is 9.18 Å². The lowest BCUT2D eigenvalue weighted by Gasteiger charge is -2.33. The fourth-order valence-electron chi connectivity index (χ4n) is 2.33. The van der Waals surface area contributed by atoms with Crippen molar-refractivity contribution < 1.29 is 18.7 Å². The molecule has 1 aliphatic rings. The second kappa shape index (κ2) is 7.76. The summed E-state index contributed by atoms with van der Waals surface area (Å²) in [6, 6.07) is 3.98. The van der Waals surface area contributed by atoms with Crippen molar-refractivity contribution in [2.24, 2.45) is 0 Å². The molecule has 5 nitrogen and oxygen atoms in total. The normalized spacial score (nSPS) is 19.8. The molecule has 22 heavy (non-hydrogen) atoms. The number of carbonyl (C=O) groups is 1. The maximum absolute atomic E-state index is 13.2. The van der Waals surface area contributed by atoms with Gasteiger partial charge in [0.15, 0.2) is 0 Å². The van der Waals surface area contributed by atoms with Gasteiger partial charge in [-0.05, 0) is 24.6 Å². The fraction of sp³-hybridized carbons (Fsp3) is 0.533. The predicted octanol–water partition coefficient (Wildman–Crippen LogP) is 2.60. The van der Waals surface area contributed by atoms with Crippen molar-refractivity contribution >= 4 is 17.6 Å². The SMILES string of the molecule is COC[C@@H]1CN(C(=O)N[C@@H](C)c2ccc(F)c(Cl)c2)CCO1. The van der Waals surface area contributed by atoms with Crippen LogP contribution in [0.1, 0.15) is 18.5 Å². The summed E-state index contributed by atoms with van der Waals surface area (Å²) in [6.07, 6.45) is -0.111. The zero-order chi connectivity index (χ0) is 16.1. The lowest BCUT2D eigenvalue weighted by atomic mass is 10.1. The number of nitrogens with one attached hydrogen (secondary N) is 1. The molecule has 122 valence electrons. The summed E-state index contributed by atoms with van der Waals surface area (Å²) >= 11 is 5.77. The van der Waals surface area contributed by atoms with Crippen LogP contribution < -0.4 is 5.32 Å². The second-order valence-corrected chi connectivity index (χ2v) is 5.65. The van der Waals surface area contributed by atoms with Gasteiger partial charge in [0.1, 0.15) is 5.82 Å². The molecule has 1 saturated heterocycles. The zero-order valence-electron chi connectivity index (χ0n) is 12.6. The first-order chi connectivity index (χ1) is 10.5. The highest BCUT2D eigenvalue weighted by Crippen LogP contribution is 2.21. The average molecular weight is 331 g/mol. The van der Waals surface area contributed by atoms with Gasteiger partial charge in [-0.3, -0.25) is 0 Å². The minimum Gasteiger partial charge on any atom is -0.382 e. The van der Waals surface area contributed by atoms with Gasteiger partial charge in [0, 0.05) is 13.7 Å². The van der Waals surface area contributed by atoms with Crippen LogP contribution in [0.3, 0.4) is 0 Å². The van der Waals surface area contributed by atoms with Gasteiger partial charge >= 0.3 is 6.03 Å². The van der Waals surface area contributed by atoms with Crippen molar-refractivity contribution in [1.82, 2.24) is 10.2 Å². The lowest BCUT2D eigenvalue weighted by molar-refractivity contribution is -0.0496. The monoisotopic (exact) mass is 330 g/mol. The summed E-state index contributed by atoms with van der Waals surface area (Å²) in [7, 11) is 1.60. The first-order valence-corrected chi connectivity index (χ1v) is 7.50. The molecule has 1 N–H and O–H groups in total. The Morgan fingerprint density at radius 3 is 3.09 bits per heavy atom. The Hall–Kier alpha value is -1.37. The van der Waals surface area contributed by atoms with Crippen LogP contribution in [-0.2, 0) is 9.47 Å². The number of amides is 2. The molecule has 0 saturated carbocycles. The van der Waals surface area contributed by atoms with Gasteiger partial charge in [0.05, 0.1) is 36.9 Å². The van der Waals surface area contributed by atoms with Crippen LogP contribution in [0.25, 0.3) is 0 Å². The van der Waals surface area contributed by atoms with Crippen LogP contribution >= 0.6 is 11.6 Å². The molecule has 1 heterocycles. The topological polar surface area (TPSA) is 50.8 Å². The molecule has 0 spiro atoms. The summed E-state index contributed by atoms with van der Waals surface area (Å²) in [6.45, 7) is 3.78. The zero-order valence-corrected chi connectivity index (χ0v) is 13.4. The van der Waals surface area contributed by atoms with E-state index >= 15 is 0 Å². The summed E-state index contributed by atoms with van der Waals surface area (Å²) in [5.74, 6) is -0.473. The molecule has 1 fully saturated rings. The number of carbonyl (C=O) groups excluding carboxylic acids is 1. The standard InChI is InChI=1S/C15H20ClFN2O3/c1-10(11-3-4-14(17)13(16)7-11)18-15(20)19-5-6-22-12(8-19)9-21-2/h3-4,7,10,12H,5-6,8-9H2,1-2H3,(H,18,20)/t10-,12-/m0/s1. The molecule has 1 aromatic rings. The van der Waals surface area contributed by atoms with E-state index in [9.17, 15) is 9.18 Å². The fourth-order valence-corrected chi connectivity index (χ4v) is 2.52. The lowest BCUT2D eigenvalue weighted by Crippen LogP contribution is -2.51. The smallest absolute Gasteiger partial charge is 0.318 e. The van der Waals surface area contributed by atoms with Crippen molar-refractivity contribution in [1.29, 1.82) is 0 Å². The van der Waals surface area contributed by atoms with Crippen LogP contribution in [0.15, 0.2) is 18.2 Å². The summed E-state index contributed by atoms with van der Waals surface area (Å²) < 4.78 is 23.7. The maximum atomic E-state index is 13.2. The molecule has 0 radical (unpaired) electrons. The Morgan fingerprint density at radius 2 is 2.41 bits per heavy atom.